The second-order valence-corrected chi connectivity index (χ2v) is 8.15. The van der Waals surface area contributed by atoms with Crippen LogP contribution in [0.2, 0.25) is 0 Å². The number of hydrogen-bond acceptors (Lipinski definition) is 6. The second-order valence-electron chi connectivity index (χ2n) is 8.15. The fraction of sp³-hybridized carbons (Fsp3) is 0.409. The van der Waals surface area contributed by atoms with Gasteiger partial charge < -0.3 is 15.4 Å². The number of nitriles is 1. The lowest BCUT2D eigenvalue weighted by atomic mass is 9.68. The fourth-order valence-corrected chi connectivity index (χ4v) is 4.53. The largest absolute Gasteiger partial charge is 0.481 e. The van der Waals surface area contributed by atoms with E-state index in [9.17, 15) is 28.3 Å². The Morgan fingerprint density at radius 2 is 2.15 bits per heavy atom. The van der Waals surface area contributed by atoms with Crippen molar-refractivity contribution < 1.29 is 23.1 Å². The molecule has 0 aromatic carbocycles. The van der Waals surface area contributed by atoms with E-state index in [2.05, 4.69) is 25.3 Å². The van der Waals surface area contributed by atoms with E-state index in [0.717, 1.165) is 25.1 Å². The van der Waals surface area contributed by atoms with Crippen molar-refractivity contribution in [2.45, 2.75) is 51.2 Å². The zero-order valence-electron chi connectivity index (χ0n) is 17.7. The van der Waals surface area contributed by atoms with Crippen molar-refractivity contribution >= 4 is 23.0 Å². The highest BCUT2D eigenvalue weighted by molar-refractivity contribution is 5.94. The molecule has 1 aliphatic carbocycles. The van der Waals surface area contributed by atoms with E-state index in [1.165, 1.54) is 12.4 Å². The highest BCUT2D eigenvalue weighted by Gasteiger charge is 2.46. The van der Waals surface area contributed by atoms with Crippen LogP contribution in [0, 0.1) is 16.7 Å². The number of rotatable bonds is 5. The molecule has 4 rings (SSSR count). The Bertz CT molecular complexity index is 1250. The monoisotopic (exact) mass is 458 g/mol. The van der Waals surface area contributed by atoms with Crippen LogP contribution in [0.4, 0.5) is 19.1 Å². The molecule has 0 saturated heterocycles. The molecule has 8 nitrogen and oxygen atoms in total. The summed E-state index contributed by atoms with van der Waals surface area (Å²) in [5, 5.41) is 22.7. The number of nitrogens with one attached hydrogen (secondary N) is 2. The molecule has 33 heavy (non-hydrogen) atoms. The number of hydrogen-bond donors (Lipinski definition) is 3. The van der Waals surface area contributed by atoms with Crippen LogP contribution in [-0.4, -0.2) is 37.1 Å². The average molecular weight is 458 g/mol. The number of anilines is 1. The minimum atomic E-state index is -4.58. The number of halogens is 3. The highest BCUT2D eigenvalue weighted by atomic mass is 19.4. The summed E-state index contributed by atoms with van der Waals surface area (Å²) in [6.45, 7) is 1.83. The predicted molar refractivity (Wildman–Crippen MR) is 113 cm³/mol. The van der Waals surface area contributed by atoms with E-state index in [4.69, 9.17) is 0 Å². The zero-order valence-corrected chi connectivity index (χ0v) is 17.7. The van der Waals surface area contributed by atoms with E-state index in [1.807, 2.05) is 13.0 Å². The summed E-state index contributed by atoms with van der Waals surface area (Å²) >= 11 is 0. The molecule has 172 valence electrons. The van der Waals surface area contributed by atoms with E-state index in [0.29, 0.717) is 19.3 Å². The molecular weight excluding hydrogens is 437 g/mol. The summed E-state index contributed by atoms with van der Waals surface area (Å²) in [6.07, 6.45) is 2.11. The van der Waals surface area contributed by atoms with Gasteiger partial charge in [0.2, 0.25) is 5.95 Å². The average Bonchev–Trinajstić information content (AvgIpc) is 3.22. The topological polar surface area (TPSA) is 128 Å². The zero-order chi connectivity index (χ0) is 23.8. The lowest BCUT2D eigenvalue weighted by molar-refractivity contribution is -0.152. The number of aromatic amines is 1. The van der Waals surface area contributed by atoms with Crippen LogP contribution in [0.15, 0.2) is 24.7 Å². The van der Waals surface area contributed by atoms with Crippen LogP contribution in [0.1, 0.15) is 50.2 Å². The third-order valence-electron chi connectivity index (χ3n) is 6.42. The number of carboxylic acids is 1. The molecule has 1 saturated carbocycles. The molecule has 0 bridgehead atoms. The van der Waals surface area contributed by atoms with Crippen molar-refractivity contribution in [2.24, 2.45) is 5.41 Å². The molecule has 1 fully saturated rings. The summed E-state index contributed by atoms with van der Waals surface area (Å²) in [5.41, 5.74) is -1.19. The smallest absolute Gasteiger partial charge is 0.417 e. The van der Waals surface area contributed by atoms with Gasteiger partial charge in [-0.3, -0.25) is 4.79 Å². The summed E-state index contributed by atoms with van der Waals surface area (Å²) in [5.74, 6) is -0.775. The quantitative estimate of drug-likeness (QED) is 0.504. The number of alkyl halides is 3. The van der Waals surface area contributed by atoms with Crippen LogP contribution in [0.5, 0.6) is 0 Å². The van der Waals surface area contributed by atoms with Gasteiger partial charge in [-0.2, -0.15) is 18.4 Å². The van der Waals surface area contributed by atoms with Gasteiger partial charge in [0.25, 0.3) is 0 Å². The second kappa shape index (κ2) is 8.35. The molecule has 0 amide bonds. The number of nitrogens with zero attached hydrogens (tertiary/aromatic N) is 4. The van der Waals surface area contributed by atoms with Crippen molar-refractivity contribution in [3.8, 4) is 17.3 Å². The number of carbonyl (C=O) groups is 1. The van der Waals surface area contributed by atoms with E-state index >= 15 is 0 Å². The number of aromatic nitrogens is 4. The van der Waals surface area contributed by atoms with Crippen molar-refractivity contribution in [3.63, 3.8) is 0 Å². The first-order valence-corrected chi connectivity index (χ1v) is 10.5. The number of aliphatic carboxylic acids is 1. The van der Waals surface area contributed by atoms with Crippen LogP contribution in [0.25, 0.3) is 22.3 Å². The first-order chi connectivity index (χ1) is 15.7. The van der Waals surface area contributed by atoms with Gasteiger partial charge in [-0.25, -0.2) is 15.0 Å². The van der Waals surface area contributed by atoms with Gasteiger partial charge in [0.1, 0.15) is 11.7 Å². The van der Waals surface area contributed by atoms with Crippen molar-refractivity contribution in [3.05, 3.63) is 35.8 Å². The third kappa shape index (κ3) is 3.97. The molecule has 0 spiro atoms. The third-order valence-corrected chi connectivity index (χ3v) is 6.42. The minimum absolute atomic E-state index is 0.0718. The SMILES string of the molecule is CC[C@]1(C(=O)O)CCCCC1Nc1ncc(C#N)c(-c2c[nH]c3ncc(C(F)(F)F)cc23)n1. The van der Waals surface area contributed by atoms with Gasteiger partial charge >= 0.3 is 12.1 Å². The molecular formula is C22H21F3N6O2. The maximum atomic E-state index is 13.2. The highest BCUT2D eigenvalue weighted by Crippen LogP contribution is 2.41. The van der Waals surface area contributed by atoms with Gasteiger partial charge in [0.15, 0.2) is 0 Å². The Kier molecular flexibility index (Phi) is 5.69. The number of H-pyrrole nitrogens is 1. The normalized spacial score (nSPS) is 21.0. The van der Waals surface area contributed by atoms with E-state index in [-0.39, 0.29) is 33.8 Å². The van der Waals surface area contributed by atoms with Crippen LogP contribution >= 0.6 is 0 Å². The van der Waals surface area contributed by atoms with Crippen LogP contribution in [0.3, 0.4) is 0 Å². The fourth-order valence-electron chi connectivity index (χ4n) is 4.53. The molecule has 0 aliphatic heterocycles. The molecule has 3 aromatic rings. The summed E-state index contributed by atoms with van der Waals surface area (Å²) in [4.78, 5) is 27.3. The Morgan fingerprint density at radius 3 is 2.82 bits per heavy atom. The number of carboxylic acid groups (broad SMARTS) is 1. The van der Waals surface area contributed by atoms with Crippen LogP contribution < -0.4 is 5.32 Å². The summed E-state index contributed by atoms with van der Waals surface area (Å²) in [7, 11) is 0. The molecule has 11 heteroatoms. The Morgan fingerprint density at radius 1 is 1.36 bits per heavy atom. The number of fused-ring (bicyclic) bond motifs is 1. The van der Waals surface area contributed by atoms with Gasteiger partial charge in [-0.15, -0.1) is 0 Å². The molecule has 1 unspecified atom stereocenters. The standard InChI is InChI=1S/C22H21F3N6O2/c1-2-21(19(32)33)6-4-3-5-16(21)30-20-29-9-12(8-26)17(31-20)15-11-28-18-14(15)7-13(10-27-18)22(23,24)25/h7,9-11,16H,2-6H2,1H3,(H,27,28)(H,32,33)(H,29,30,31)/t16?,21-/m0/s1. The Hall–Kier alpha value is -3.68. The van der Waals surface area contributed by atoms with E-state index in [1.54, 1.807) is 0 Å². The minimum Gasteiger partial charge on any atom is -0.481 e. The lowest BCUT2D eigenvalue weighted by Crippen LogP contribution is -2.48. The molecule has 0 radical (unpaired) electrons. The Balaban J connectivity index is 1.77. The van der Waals surface area contributed by atoms with Crippen molar-refractivity contribution in [1.82, 2.24) is 19.9 Å². The molecule has 3 N–H and O–H groups in total. The van der Waals surface area contributed by atoms with E-state index < -0.39 is 29.2 Å². The summed E-state index contributed by atoms with van der Waals surface area (Å²) in [6, 6.07) is 2.50. The first-order valence-electron chi connectivity index (χ1n) is 10.5. The van der Waals surface area contributed by atoms with Crippen molar-refractivity contribution in [1.29, 1.82) is 5.26 Å². The lowest BCUT2D eigenvalue weighted by Gasteiger charge is -2.40. The molecule has 3 heterocycles. The van der Waals surface area contributed by atoms with Gasteiger partial charge in [0.05, 0.1) is 28.4 Å². The maximum Gasteiger partial charge on any atom is 0.417 e. The molecule has 1 aliphatic rings. The van der Waals surface area contributed by atoms with Crippen LogP contribution in [-0.2, 0) is 11.0 Å². The summed E-state index contributed by atoms with van der Waals surface area (Å²) < 4.78 is 39.6. The van der Waals surface area contributed by atoms with Gasteiger partial charge in [-0.05, 0) is 25.3 Å². The van der Waals surface area contributed by atoms with Gasteiger partial charge in [0, 0.05) is 29.4 Å². The molecule has 2 atom stereocenters. The molecule has 3 aromatic heterocycles. The first kappa shape index (κ1) is 22.5. The van der Waals surface area contributed by atoms with Crippen molar-refractivity contribution in [2.75, 3.05) is 5.32 Å². The number of pyridine rings is 1. The predicted octanol–water partition coefficient (Wildman–Crippen LogP) is 4.75. The Labute approximate surface area is 186 Å². The maximum absolute atomic E-state index is 13.2. The van der Waals surface area contributed by atoms with Gasteiger partial charge in [-0.1, -0.05) is 19.8 Å².